The van der Waals surface area contributed by atoms with Gasteiger partial charge in [-0.2, -0.15) is 0 Å². The molecule has 72 heavy (non-hydrogen) atoms. The van der Waals surface area contributed by atoms with Crippen LogP contribution in [0.3, 0.4) is 0 Å². The van der Waals surface area contributed by atoms with Gasteiger partial charge in [0.15, 0.2) is 5.78 Å². The number of piperidine rings is 1. The fourth-order valence-electron chi connectivity index (χ4n) is 12.1. The molecular weight excluding hydrogens is 923 g/mol. The van der Waals surface area contributed by atoms with Crippen molar-refractivity contribution in [3.8, 4) is 0 Å². The number of carbonyl (C=O) groups excluding carboxylic acids is 7. The summed E-state index contributed by atoms with van der Waals surface area (Å²) < 4.78 is 13.7. The first kappa shape index (κ1) is 55.9. The zero-order chi connectivity index (χ0) is 52.6. The number of amides is 5. The van der Waals surface area contributed by atoms with Crippen LogP contribution in [0.2, 0.25) is 0 Å². The Morgan fingerprint density at radius 3 is 2.28 bits per heavy atom. The van der Waals surface area contributed by atoms with Crippen molar-refractivity contribution in [3.63, 3.8) is 0 Å². The van der Waals surface area contributed by atoms with Gasteiger partial charge < -0.3 is 29.3 Å². The Labute approximate surface area is 424 Å². The number of ketones is 2. The van der Waals surface area contributed by atoms with Crippen molar-refractivity contribution in [1.82, 2.24) is 34.6 Å². The number of likely N-dealkylation sites (N-methyl/N-ethyl adjacent to an activating group) is 1. The van der Waals surface area contributed by atoms with Crippen molar-refractivity contribution in [1.29, 1.82) is 0 Å². The molecule has 1 unspecified atom stereocenters. The highest BCUT2D eigenvalue weighted by Crippen LogP contribution is 2.44. The molecule has 5 amide bonds. The zero-order valence-electron chi connectivity index (χ0n) is 43.9. The molecule has 396 valence electrons. The third-order valence-electron chi connectivity index (χ3n) is 16.4. The Kier molecular flexibility index (Phi) is 19.5. The van der Waals surface area contributed by atoms with E-state index < -0.39 is 54.1 Å². The first-order valence-corrected chi connectivity index (χ1v) is 26.3. The number of hydrogen-bond acceptors (Lipinski definition) is 12. The van der Waals surface area contributed by atoms with E-state index in [4.69, 9.17) is 9.47 Å². The number of carboxylic acid groups (broad SMARTS) is 1. The summed E-state index contributed by atoms with van der Waals surface area (Å²) in [5.74, 6) is -5.30. The number of methoxy groups -OCH3 is 2. The number of aliphatic carboxylic acids is 1. The van der Waals surface area contributed by atoms with Crippen molar-refractivity contribution in [2.75, 3.05) is 27.8 Å². The minimum Gasteiger partial charge on any atom is -0.481 e. The number of likely N-dealkylation sites (tertiary alicyclic amines) is 3. The normalized spacial score (nSPS) is 23.8. The molecule has 1 N–H and O–H groups in total. The summed E-state index contributed by atoms with van der Waals surface area (Å²) in [6, 6.07) is 7.61. The molecule has 2 bridgehead atoms. The second-order valence-corrected chi connectivity index (χ2v) is 21.5. The van der Waals surface area contributed by atoms with E-state index in [1.165, 1.54) is 19.1 Å². The molecular formula is C54H79N7O11. The van der Waals surface area contributed by atoms with Gasteiger partial charge in [0.05, 0.1) is 55.4 Å². The Balaban J connectivity index is 1.08. The maximum absolute atomic E-state index is 14.8. The molecule has 1 aliphatic carbocycles. The van der Waals surface area contributed by atoms with E-state index in [2.05, 4.69) is 10.3 Å². The molecule has 18 heteroatoms. The maximum atomic E-state index is 14.8. The number of fused-ring (bicyclic) bond motifs is 2. The molecule has 1 aromatic heterocycles. The van der Waals surface area contributed by atoms with Crippen LogP contribution in [-0.2, 0) is 67.3 Å². The smallest absolute Gasteiger partial charge is 0.307 e. The first-order chi connectivity index (χ1) is 34.3. The summed E-state index contributed by atoms with van der Waals surface area (Å²) in [4.78, 5) is 115. The van der Waals surface area contributed by atoms with Gasteiger partial charge >= 0.3 is 5.97 Å². The maximum Gasteiger partial charge on any atom is 0.307 e. The van der Waals surface area contributed by atoms with Crippen molar-refractivity contribution in [3.05, 3.63) is 47.8 Å². The van der Waals surface area contributed by atoms with Crippen molar-refractivity contribution < 1.29 is 52.9 Å². The van der Waals surface area contributed by atoms with E-state index >= 15 is 0 Å². The highest BCUT2D eigenvalue weighted by atomic mass is 16.5. The van der Waals surface area contributed by atoms with Gasteiger partial charge in [-0.3, -0.25) is 47.9 Å². The van der Waals surface area contributed by atoms with Crippen LogP contribution in [0.25, 0.3) is 0 Å². The van der Waals surface area contributed by atoms with Gasteiger partial charge in [0.2, 0.25) is 29.5 Å². The molecule has 1 saturated carbocycles. The summed E-state index contributed by atoms with van der Waals surface area (Å²) >= 11 is 0. The Hall–Kier alpha value is -5.36. The molecule has 6 rings (SSSR count). The number of hydrogen-bond donors (Lipinski definition) is 1. The van der Waals surface area contributed by atoms with E-state index in [0.29, 0.717) is 44.5 Å². The predicted octanol–water partition coefficient (Wildman–Crippen LogP) is 5.39. The number of benzene rings is 1. The summed E-state index contributed by atoms with van der Waals surface area (Å²) in [5.41, 5.74) is 1.32. The Morgan fingerprint density at radius 2 is 1.65 bits per heavy atom. The molecule has 4 aliphatic rings. The van der Waals surface area contributed by atoms with Crippen molar-refractivity contribution in [2.45, 2.75) is 174 Å². The monoisotopic (exact) mass is 1000 g/mol. The van der Waals surface area contributed by atoms with Gasteiger partial charge in [-0.25, -0.2) is 0 Å². The summed E-state index contributed by atoms with van der Waals surface area (Å²) in [7, 11) is 4.78. The van der Waals surface area contributed by atoms with Crippen LogP contribution in [-0.4, -0.2) is 151 Å². The van der Waals surface area contributed by atoms with Crippen molar-refractivity contribution >= 4 is 47.1 Å². The van der Waals surface area contributed by atoms with E-state index in [1.54, 1.807) is 46.5 Å². The molecule has 2 aromatic rings. The lowest BCUT2D eigenvalue weighted by atomic mass is 9.83. The average Bonchev–Trinajstić information content (AvgIpc) is 4.22. The molecule has 12 atom stereocenters. The van der Waals surface area contributed by atoms with Gasteiger partial charge in [0.1, 0.15) is 11.5 Å². The molecule has 1 aromatic carbocycles. The van der Waals surface area contributed by atoms with Crippen LogP contribution in [0.5, 0.6) is 0 Å². The summed E-state index contributed by atoms with van der Waals surface area (Å²) in [6.07, 6.45) is 5.51. The van der Waals surface area contributed by atoms with E-state index in [-0.39, 0.29) is 116 Å². The number of ether oxygens (including phenoxy) is 2. The van der Waals surface area contributed by atoms with Gasteiger partial charge in [-0.1, -0.05) is 83.5 Å². The van der Waals surface area contributed by atoms with Gasteiger partial charge in [0.25, 0.3) is 0 Å². The number of imide groups is 1. The minimum atomic E-state index is -1.05. The molecule has 4 fully saturated rings. The largest absolute Gasteiger partial charge is 0.481 e. The van der Waals surface area contributed by atoms with Crippen LogP contribution in [0.15, 0.2) is 36.5 Å². The third-order valence-corrected chi connectivity index (χ3v) is 16.4. The highest BCUT2D eigenvalue weighted by molar-refractivity contribution is 6.03. The molecule has 3 aliphatic heterocycles. The lowest BCUT2D eigenvalue weighted by Crippen LogP contribution is -2.54. The van der Waals surface area contributed by atoms with Gasteiger partial charge in [0, 0.05) is 83.8 Å². The van der Waals surface area contributed by atoms with Crippen LogP contribution < -0.4 is 0 Å². The minimum absolute atomic E-state index is 0.0231. The fraction of sp³-hybridized carbons (Fsp3) is 0.704. The number of nitrogens with zero attached hydrogens (tertiary/aromatic N) is 7. The Bertz CT molecular complexity index is 2250. The molecule has 18 nitrogen and oxygen atoms in total. The third kappa shape index (κ3) is 12.9. The first-order valence-electron chi connectivity index (χ1n) is 26.3. The lowest BCUT2D eigenvalue weighted by molar-refractivity contribution is -0.150. The number of Topliss-reactive ketones (excluding diaryl/α,β-unsaturated/α-hetero) is 2. The predicted molar refractivity (Wildman–Crippen MR) is 265 cm³/mol. The van der Waals surface area contributed by atoms with E-state index in [0.717, 1.165) is 24.8 Å². The van der Waals surface area contributed by atoms with Crippen LogP contribution >= 0.6 is 0 Å². The number of aryl methyl sites for hydroxylation is 1. The average molecular weight is 1000 g/mol. The fourth-order valence-corrected chi connectivity index (χ4v) is 12.1. The van der Waals surface area contributed by atoms with Gasteiger partial charge in [-0.15, -0.1) is 5.10 Å². The SMILES string of the molecule is CC[C@H](C)[C@@H]([C@@H](CC(=O)N1CCC[C@H]1[C@H](OC)[C@@H](C)C(=O)C[C@@H](Cc1ccccc1)C(=O)O)OC)N(C)C(=O)[C@@H](CC(=O)[C@@H]1[C@H]2CC[C@H](C2)N1C(=O)CCCn1cc(CN2C(=O)CC(C)C2=O)nn1)C(C)C. The second kappa shape index (κ2) is 25.0. The number of carboxylic acids is 1. The number of aromatic nitrogens is 3. The molecule has 0 radical (unpaired) electrons. The van der Waals surface area contributed by atoms with Crippen LogP contribution in [0.1, 0.15) is 130 Å². The van der Waals surface area contributed by atoms with Crippen LogP contribution in [0.4, 0.5) is 0 Å². The number of carbonyl (C=O) groups is 8. The summed E-state index contributed by atoms with van der Waals surface area (Å²) in [6.45, 7) is 12.3. The summed E-state index contributed by atoms with van der Waals surface area (Å²) in [5, 5.41) is 18.3. The second-order valence-electron chi connectivity index (χ2n) is 21.5. The van der Waals surface area contributed by atoms with Crippen LogP contribution in [0, 0.1) is 41.4 Å². The highest BCUT2D eigenvalue weighted by Gasteiger charge is 2.52. The quantitative estimate of drug-likeness (QED) is 0.111. The number of rotatable bonds is 27. The Morgan fingerprint density at radius 1 is 0.931 bits per heavy atom. The lowest BCUT2D eigenvalue weighted by Gasteiger charge is -2.41. The van der Waals surface area contributed by atoms with E-state index in [9.17, 15) is 43.5 Å². The van der Waals surface area contributed by atoms with Crippen molar-refractivity contribution in [2.24, 2.45) is 41.4 Å². The molecule has 0 spiro atoms. The standard InChI is InChI=1S/C54H79N7O11/c1-10-33(4)49(45(71-8)29-48(66)59-23-14-18-42(59)51(72-9)35(6)43(62)27-38(54(69)70)25-36-16-12-11-13-17-36)57(7)53(68)41(32(2)3)28-44(63)50-37-20-21-40(26-37)61(50)46(64)19-15-22-58-30-39(55-56-58)31-60-47(65)24-34(5)52(60)67/h11-13,16-17,30,32-35,37-38,40-42,45,49-51H,10,14-15,18-29,31H2,1-9H3,(H,69,70)/t33-,34?,35-,37-,38+,40+,41-,42-,45+,49-,50-,51+/m0/s1. The topological polar surface area (TPSA) is 219 Å². The molecule has 4 heterocycles. The van der Waals surface area contributed by atoms with E-state index in [1.807, 2.05) is 58.0 Å². The zero-order valence-corrected chi connectivity index (χ0v) is 43.9. The van der Waals surface area contributed by atoms with Gasteiger partial charge in [-0.05, 0) is 68.3 Å². The molecule has 3 saturated heterocycles.